The molecular weight excluding hydrogens is 380 g/mol. The Morgan fingerprint density at radius 3 is 2.23 bits per heavy atom. The van der Waals surface area contributed by atoms with E-state index in [-0.39, 0.29) is 30.8 Å². The van der Waals surface area contributed by atoms with Gasteiger partial charge in [0.25, 0.3) is 0 Å². The summed E-state index contributed by atoms with van der Waals surface area (Å²) in [6.07, 6.45) is 0.352. The number of nitrogens with one attached hydrogen (secondary N) is 1. The molecule has 1 amide bonds. The fourth-order valence-electron chi connectivity index (χ4n) is 2.83. The van der Waals surface area contributed by atoms with Gasteiger partial charge in [0.15, 0.2) is 9.84 Å². The number of carbonyl (C=O) groups is 1. The molecule has 0 aliphatic carbocycles. The lowest BCUT2D eigenvalue weighted by Gasteiger charge is -2.30. The predicted octanol–water partition coefficient (Wildman–Crippen LogP) is 0.399. The number of sulfone groups is 1. The Morgan fingerprint density at radius 2 is 1.73 bits per heavy atom. The lowest BCUT2D eigenvalue weighted by atomic mass is 10.2. The summed E-state index contributed by atoms with van der Waals surface area (Å²) in [5.41, 5.74) is 0. The number of carbonyl (C=O) groups excluding carboxylic acids is 1. The van der Waals surface area contributed by atoms with Crippen LogP contribution in [0.1, 0.15) is 19.8 Å². The van der Waals surface area contributed by atoms with Gasteiger partial charge in [0.2, 0.25) is 15.9 Å². The van der Waals surface area contributed by atoms with E-state index in [1.807, 2.05) is 6.92 Å². The van der Waals surface area contributed by atoms with Crippen molar-refractivity contribution in [2.45, 2.75) is 29.9 Å². The topological polar surface area (TPSA) is 110 Å². The van der Waals surface area contributed by atoms with Gasteiger partial charge in [0, 0.05) is 20.1 Å². The van der Waals surface area contributed by atoms with Crippen LogP contribution in [0.5, 0.6) is 5.75 Å². The maximum atomic E-state index is 12.7. The first-order chi connectivity index (χ1) is 12.2. The molecule has 1 aliphatic rings. The molecule has 8 nitrogen and oxygen atoms in total. The molecule has 0 saturated carbocycles. The molecule has 1 N–H and O–H groups in total. The highest BCUT2D eigenvalue weighted by molar-refractivity contribution is 7.92. The number of piperidine rings is 1. The van der Waals surface area contributed by atoms with Crippen LogP contribution in [0, 0.1) is 0 Å². The molecule has 0 unspecified atom stereocenters. The van der Waals surface area contributed by atoms with Gasteiger partial charge in [-0.15, -0.1) is 0 Å². The molecule has 1 aliphatic heterocycles. The second-order valence-electron chi connectivity index (χ2n) is 5.99. The molecule has 1 aromatic carbocycles. The summed E-state index contributed by atoms with van der Waals surface area (Å²) < 4.78 is 56.5. The first kappa shape index (κ1) is 20.7. The third-order valence-electron chi connectivity index (χ3n) is 4.29. The second-order valence-corrected chi connectivity index (χ2v) is 10.2. The standard InChI is InChI=1S/C16H24N2O6S2/c1-3-24-13-4-6-15(7-5-13)26(22,23)18-10-8-14(9-11-18)25(20,21)12-16(19)17-2/h4-7,14H,3,8-12H2,1-2H3,(H,17,19). The first-order valence-corrected chi connectivity index (χ1v) is 11.5. The number of amides is 1. The molecule has 0 bridgehead atoms. The zero-order chi connectivity index (χ0) is 19.4. The highest BCUT2D eigenvalue weighted by Crippen LogP contribution is 2.25. The molecule has 0 radical (unpaired) electrons. The number of nitrogens with zero attached hydrogens (tertiary/aromatic N) is 1. The lowest BCUT2D eigenvalue weighted by Crippen LogP contribution is -2.44. The Hall–Kier alpha value is -1.65. The lowest BCUT2D eigenvalue weighted by molar-refractivity contribution is -0.118. The van der Waals surface area contributed by atoms with E-state index in [4.69, 9.17) is 4.74 Å². The van der Waals surface area contributed by atoms with E-state index >= 15 is 0 Å². The van der Waals surface area contributed by atoms with E-state index in [0.29, 0.717) is 12.4 Å². The highest BCUT2D eigenvalue weighted by Gasteiger charge is 2.35. The van der Waals surface area contributed by atoms with Crippen molar-refractivity contribution >= 4 is 25.8 Å². The average Bonchev–Trinajstić information content (AvgIpc) is 2.62. The smallest absolute Gasteiger partial charge is 0.243 e. The summed E-state index contributed by atoms with van der Waals surface area (Å²) in [6, 6.07) is 6.15. The van der Waals surface area contributed by atoms with Crippen molar-refractivity contribution in [3.8, 4) is 5.75 Å². The Morgan fingerprint density at radius 1 is 1.15 bits per heavy atom. The summed E-state index contributed by atoms with van der Waals surface area (Å²) in [5, 5.41) is 1.59. The number of benzene rings is 1. The maximum Gasteiger partial charge on any atom is 0.243 e. The van der Waals surface area contributed by atoms with Crippen LogP contribution in [-0.2, 0) is 24.7 Å². The summed E-state index contributed by atoms with van der Waals surface area (Å²) in [5.74, 6) is -0.542. The number of hydrogen-bond donors (Lipinski definition) is 1. The van der Waals surface area contributed by atoms with E-state index in [1.165, 1.54) is 23.5 Å². The van der Waals surface area contributed by atoms with Crippen molar-refractivity contribution in [2.24, 2.45) is 0 Å². The Labute approximate surface area is 154 Å². The molecule has 2 rings (SSSR count). The monoisotopic (exact) mass is 404 g/mol. The Kier molecular flexibility index (Phi) is 6.64. The van der Waals surface area contributed by atoms with E-state index < -0.39 is 36.8 Å². The van der Waals surface area contributed by atoms with Crippen molar-refractivity contribution in [3.63, 3.8) is 0 Å². The van der Waals surface area contributed by atoms with E-state index in [2.05, 4.69) is 5.32 Å². The Balaban J connectivity index is 2.05. The van der Waals surface area contributed by atoms with Crippen LogP contribution in [0.2, 0.25) is 0 Å². The van der Waals surface area contributed by atoms with Crippen LogP contribution >= 0.6 is 0 Å². The maximum absolute atomic E-state index is 12.7. The van der Waals surface area contributed by atoms with Crippen LogP contribution in [0.4, 0.5) is 0 Å². The summed E-state index contributed by atoms with van der Waals surface area (Å²) in [7, 11) is -5.90. The quantitative estimate of drug-likeness (QED) is 0.704. The number of hydrogen-bond acceptors (Lipinski definition) is 6. The molecule has 0 aromatic heterocycles. The van der Waals surface area contributed by atoms with Crippen molar-refractivity contribution in [2.75, 3.05) is 32.5 Å². The molecule has 0 atom stereocenters. The molecular formula is C16H24N2O6S2. The fraction of sp³-hybridized carbons (Fsp3) is 0.562. The molecule has 10 heteroatoms. The molecule has 1 fully saturated rings. The van der Waals surface area contributed by atoms with Crippen LogP contribution in [0.3, 0.4) is 0 Å². The number of sulfonamides is 1. The highest BCUT2D eigenvalue weighted by atomic mass is 32.2. The van der Waals surface area contributed by atoms with Gasteiger partial charge in [-0.05, 0) is 44.0 Å². The summed E-state index contributed by atoms with van der Waals surface area (Å²) in [4.78, 5) is 11.5. The van der Waals surface area contributed by atoms with Crippen molar-refractivity contribution in [1.29, 1.82) is 0 Å². The minimum Gasteiger partial charge on any atom is -0.494 e. The summed E-state index contributed by atoms with van der Waals surface area (Å²) >= 11 is 0. The van der Waals surface area contributed by atoms with Gasteiger partial charge in [-0.25, -0.2) is 16.8 Å². The van der Waals surface area contributed by atoms with Crippen molar-refractivity contribution in [3.05, 3.63) is 24.3 Å². The minimum absolute atomic E-state index is 0.104. The normalized spacial score (nSPS) is 17.0. The van der Waals surface area contributed by atoms with Gasteiger partial charge < -0.3 is 10.1 Å². The van der Waals surface area contributed by atoms with Crippen LogP contribution in [0.25, 0.3) is 0 Å². The third-order valence-corrected chi connectivity index (χ3v) is 8.36. The third kappa shape index (κ3) is 4.74. The molecule has 0 spiro atoms. The minimum atomic E-state index is -3.69. The largest absolute Gasteiger partial charge is 0.494 e. The van der Waals surface area contributed by atoms with Crippen LogP contribution in [-0.4, -0.2) is 64.8 Å². The first-order valence-electron chi connectivity index (χ1n) is 8.36. The second kappa shape index (κ2) is 8.36. The molecule has 26 heavy (non-hydrogen) atoms. The molecule has 1 aromatic rings. The zero-order valence-corrected chi connectivity index (χ0v) is 16.5. The van der Waals surface area contributed by atoms with Crippen LogP contribution in [0.15, 0.2) is 29.2 Å². The number of rotatable bonds is 7. The Bertz CT molecular complexity index is 826. The van der Waals surface area contributed by atoms with E-state index in [0.717, 1.165) is 0 Å². The average molecular weight is 405 g/mol. The van der Waals surface area contributed by atoms with Gasteiger partial charge in [0.1, 0.15) is 11.5 Å². The molecule has 1 heterocycles. The van der Waals surface area contributed by atoms with Gasteiger partial charge >= 0.3 is 0 Å². The van der Waals surface area contributed by atoms with Crippen molar-refractivity contribution < 1.29 is 26.4 Å². The molecule has 146 valence electrons. The van der Waals surface area contributed by atoms with Crippen molar-refractivity contribution in [1.82, 2.24) is 9.62 Å². The summed E-state index contributed by atoms with van der Waals surface area (Å²) in [6.45, 7) is 2.54. The van der Waals surface area contributed by atoms with Crippen LogP contribution < -0.4 is 10.1 Å². The van der Waals surface area contributed by atoms with Gasteiger partial charge in [-0.2, -0.15) is 4.31 Å². The number of ether oxygens (including phenoxy) is 1. The van der Waals surface area contributed by atoms with Gasteiger partial charge in [-0.3, -0.25) is 4.79 Å². The SMILES string of the molecule is CCOc1ccc(S(=O)(=O)N2CCC(S(=O)(=O)CC(=O)NC)CC2)cc1. The predicted molar refractivity (Wildman–Crippen MR) is 97.2 cm³/mol. The van der Waals surface area contributed by atoms with E-state index in [9.17, 15) is 21.6 Å². The zero-order valence-electron chi connectivity index (χ0n) is 14.8. The van der Waals surface area contributed by atoms with Gasteiger partial charge in [0.05, 0.1) is 16.8 Å². The molecule has 1 saturated heterocycles. The van der Waals surface area contributed by atoms with E-state index in [1.54, 1.807) is 12.1 Å². The van der Waals surface area contributed by atoms with Gasteiger partial charge in [-0.1, -0.05) is 0 Å². The fourth-order valence-corrected chi connectivity index (χ4v) is 5.97.